The predicted molar refractivity (Wildman–Crippen MR) is 148 cm³/mol. The summed E-state index contributed by atoms with van der Waals surface area (Å²) in [6.07, 6.45) is 0. The van der Waals surface area contributed by atoms with Crippen molar-refractivity contribution in [3.63, 3.8) is 0 Å². The van der Waals surface area contributed by atoms with Gasteiger partial charge in [-0.2, -0.15) is 0 Å². The van der Waals surface area contributed by atoms with Crippen molar-refractivity contribution in [2.75, 3.05) is 26.3 Å². The molecule has 3 rings (SSSR count). The summed E-state index contributed by atoms with van der Waals surface area (Å²) < 4.78 is 0. The molecule has 0 fully saturated rings. The molecule has 0 aliphatic heterocycles. The van der Waals surface area contributed by atoms with Crippen molar-refractivity contribution in [1.29, 1.82) is 0 Å². The third kappa shape index (κ3) is 10.3. The standard InChI is InChI=1S/C29H38N3.2ClH.Fe/c1-5-31(25(3)28-17-11-7-12-18-28)21-22-32(26(4)29-19-13-8-14-20-29)23-30-24(2)27-15-9-6-10-16-27;;;/h6-20,24-26H,5,21-23H2,1-4H3;2*1H;/q-1;;;+2/p-2. The van der Waals surface area contributed by atoms with Gasteiger partial charge in [0.15, 0.2) is 0 Å². The van der Waals surface area contributed by atoms with Crippen LogP contribution in [0.3, 0.4) is 0 Å². The van der Waals surface area contributed by atoms with Crippen molar-refractivity contribution in [3.8, 4) is 0 Å². The van der Waals surface area contributed by atoms with Gasteiger partial charge in [-0.25, -0.2) is 0 Å². The molecule has 0 heterocycles. The zero-order chi connectivity index (χ0) is 25.5. The third-order valence-corrected chi connectivity index (χ3v) is 6.56. The Kier molecular flexibility index (Phi) is 14.6. The van der Waals surface area contributed by atoms with Gasteiger partial charge in [0.25, 0.3) is 0 Å². The summed E-state index contributed by atoms with van der Waals surface area (Å²) in [7, 11) is 9.53. The van der Waals surface area contributed by atoms with E-state index in [1.807, 2.05) is 0 Å². The van der Waals surface area contributed by atoms with Crippen molar-refractivity contribution >= 4 is 20.2 Å². The minimum atomic E-state index is 0.187. The van der Waals surface area contributed by atoms with Gasteiger partial charge in [0.2, 0.25) is 0 Å². The number of hydrogen-bond donors (Lipinski definition) is 0. The van der Waals surface area contributed by atoms with E-state index in [0.717, 1.165) is 26.3 Å². The van der Waals surface area contributed by atoms with E-state index < -0.39 is 0 Å². The predicted octanol–water partition coefficient (Wildman–Crippen LogP) is 8.60. The summed E-state index contributed by atoms with van der Waals surface area (Å²) in [5, 5.41) is 5.06. The average Bonchev–Trinajstić information content (AvgIpc) is 2.92. The molecule has 0 aliphatic carbocycles. The Balaban J connectivity index is 0.00000137. The van der Waals surface area contributed by atoms with Gasteiger partial charge in [0, 0.05) is 25.2 Å². The van der Waals surface area contributed by atoms with Crippen LogP contribution < -0.4 is 0 Å². The van der Waals surface area contributed by atoms with Gasteiger partial charge >= 0.3 is 33.3 Å². The van der Waals surface area contributed by atoms with Crippen molar-refractivity contribution < 1.29 is 13.1 Å². The summed E-state index contributed by atoms with van der Waals surface area (Å²) in [6, 6.07) is 33.1. The molecule has 0 radical (unpaired) electrons. The van der Waals surface area contributed by atoms with E-state index in [9.17, 15) is 0 Å². The van der Waals surface area contributed by atoms with E-state index in [4.69, 9.17) is 25.5 Å². The van der Waals surface area contributed by atoms with Gasteiger partial charge in [-0.3, -0.25) is 4.90 Å². The van der Waals surface area contributed by atoms with Crippen LogP contribution in [0.15, 0.2) is 91.0 Å². The molecule has 0 N–H and O–H groups in total. The van der Waals surface area contributed by atoms with Crippen molar-refractivity contribution in [2.24, 2.45) is 0 Å². The number of nitrogens with zero attached hydrogens (tertiary/aromatic N) is 3. The van der Waals surface area contributed by atoms with Crippen LogP contribution in [0.5, 0.6) is 0 Å². The first-order chi connectivity index (χ1) is 17.0. The van der Waals surface area contributed by atoms with Crippen molar-refractivity contribution in [2.45, 2.75) is 45.8 Å². The summed E-state index contributed by atoms with van der Waals surface area (Å²) in [5.41, 5.74) is 3.99. The number of hydrogen-bond acceptors (Lipinski definition) is 2. The van der Waals surface area contributed by atoms with Crippen LogP contribution in [0, 0.1) is 0 Å². The van der Waals surface area contributed by atoms with Crippen LogP contribution >= 0.6 is 20.2 Å². The molecule has 3 aromatic rings. The zero-order valence-electron chi connectivity index (χ0n) is 21.2. The van der Waals surface area contributed by atoms with E-state index in [2.05, 4.69) is 128 Å². The fraction of sp³-hybridized carbons (Fsp3) is 0.379. The van der Waals surface area contributed by atoms with Gasteiger partial charge < -0.3 is 10.2 Å². The molecule has 3 unspecified atom stereocenters. The molecule has 0 bridgehead atoms. The van der Waals surface area contributed by atoms with Crippen LogP contribution in [0.2, 0.25) is 0 Å². The van der Waals surface area contributed by atoms with Gasteiger partial charge in [-0.15, -0.1) is 6.04 Å². The zero-order valence-corrected chi connectivity index (χ0v) is 23.8. The Bertz CT molecular complexity index is 915. The molecule has 35 heavy (non-hydrogen) atoms. The second-order valence-corrected chi connectivity index (χ2v) is 10.4. The minimum absolute atomic E-state index is 0.187. The van der Waals surface area contributed by atoms with Gasteiger partial charge in [0.05, 0.1) is 0 Å². The molecule has 0 saturated heterocycles. The molecule has 0 aliphatic rings. The molecular weight excluding hydrogens is 517 g/mol. The molecule has 0 saturated carbocycles. The van der Waals surface area contributed by atoms with E-state index in [-0.39, 0.29) is 19.2 Å². The first-order valence-electron chi connectivity index (χ1n) is 12.2. The Hall–Kier alpha value is -1.36. The molecule has 0 spiro atoms. The van der Waals surface area contributed by atoms with E-state index in [1.54, 1.807) is 0 Å². The van der Waals surface area contributed by atoms with Crippen LogP contribution in [0.4, 0.5) is 0 Å². The third-order valence-electron chi connectivity index (χ3n) is 6.56. The Morgan fingerprint density at radius 1 is 0.657 bits per heavy atom. The fourth-order valence-corrected chi connectivity index (χ4v) is 4.22. The molecule has 0 aromatic heterocycles. The number of likely N-dealkylation sites (N-methyl/N-ethyl adjacent to an activating group) is 1. The second kappa shape index (κ2) is 17.2. The number of benzene rings is 3. The van der Waals surface area contributed by atoms with E-state index >= 15 is 0 Å². The van der Waals surface area contributed by atoms with Gasteiger partial charge in [0.1, 0.15) is 0 Å². The van der Waals surface area contributed by atoms with Crippen molar-refractivity contribution in [3.05, 3.63) is 113 Å². The van der Waals surface area contributed by atoms with Crippen LogP contribution in [-0.2, 0) is 13.1 Å². The number of halogens is 2. The van der Waals surface area contributed by atoms with E-state index in [1.165, 1.54) is 16.7 Å². The Morgan fingerprint density at radius 3 is 1.46 bits per heavy atom. The molecule has 3 aromatic carbocycles. The van der Waals surface area contributed by atoms with E-state index in [0.29, 0.717) is 12.1 Å². The van der Waals surface area contributed by atoms with Crippen molar-refractivity contribution in [1.82, 2.24) is 9.80 Å². The molecule has 192 valence electrons. The second-order valence-electron chi connectivity index (χ2n) is 8.58. The maximum absolute atomic E-state index is 5.06. The summed E-state index contributed by atoms with van der Waals surface area (Å²) >= 11 is 0.194. The SMILES string of the molecule is CCN(CCN(C[N-]C(C)c1ccccc1)C(C)c1ccccc1)C(C)c1ccccc1.[Cl][Fe][Cl]. The first kappa shape index (κ1) is 29.9. The monoisotopic (exact) mass is 554 g/mol. The molecule has 3 nitrogen and oxygen atoms in total. The van der Waals surface area contributed by atoms with Crippen LogP contribution in [-0.4, -0.2) is 36.1 Å². The maximum atomic E-state index is 5.06. The summed E-state index contributed by atoms with van der Waals surface area (Å²) in [5.74, 6) is 0. The summed E-state index contributed by atoms with van der Waals surface area (Å²) in [4.78, 5) is 5.07. The quantitative estimate of drug-likeness (QED) is 0.209. The Morgan fingerprint density at radius 2 is 1.03 bits per heavy atom. The Labute approximate surface area is 227 Å². The van der Waals surface area contributed by atoms with Crippen LogP contribution in [0.1, 0.15) is 62.5 Å². The first-order valence-corrected chi connectivity index (χ1v) is 15.2. The topological polar surface area (TPSA) is 20.6 Å². The average molecular weight is 555 g/mol. The van der Waals surface area contributed by atoms with Gasteiger partial charge in [-0.05, 0) is 31.5 Å². The number of rotatable bonds is 12. The molecule has 6 heteroatoms. The summed E-state index contributed by atoms with van der Waals surface area (Å²) in [6.45, 7) is 12.8. The molecule has 3 atom stereocenters. The van der Waals surface area contributed by atoms with Crippen LogP contribution in [0.25, 0.3) is 5.32 Å². The van der Waals surface area contributed by atoms with Gasteiger partial charge in [-0.1, -0.05) is 117 Å². The molecular formula is C29H38Cl2FeN3-. The fourth-order valence-electron chi connectivity index (χ4n) is 4.22. The molecule has 0 amide bonds. The normalized spacial score (nSPS) is 13.8.